The molecule has 0 aliphatic carbocycles. The van der Waals surface area contributed by atoms with Crippen molar-refractivity contribution >= 4 is 0 Å². The van der Waals surface area contributed by atoms with Crippen LogP contribution in [0, 0.1) is 6.92 Å². The molecule has 5 nitrogen and oxygen atoms in total. The van der Waals surface area contributed by atoms with E-state index < -0.39 is 0 Å². The molecule has 0 radical (unpaired) electrons. The summed E-state index contributed by atoms with van der Waals surface area (Å²) >= 11 is 0. The van der Waals surface area contributed by atoms with Crippen LogP contribution in [0.25, 0.3) is 5.69 Å². The summed E-state index contributed by atoms with van der Waals surface area (Å²) < 4.78 is 12.1. The number of ether oxygens (including phenoxy) is 2. The second-order valence-corrected chi connectivity index (χ2v) is 3.91. The third-order valence-electron chi connectivity index (χ3n) is 2.77. The highest BCUT2D eigenvalue weighted by Crippen LogP contribution is 2.25. The third-order valence-corrected chi connectivity index (χ3v) is 2.77. The summed E-state index contributed by atoms with van der Waals surface area (Å²) in [5.41, 5.74) is 2.44. The number of aliphatic hydroxyl groups excluding tert-OH is 1. The predicted molar refractivity (Wildman–Crippen MR) is 67.3 cm³/mol. The third kappa shape index (κ3) is 2.31. The van der Waals surface area contributed by atoms with E-state index in [1.165, 1.54) is 0 Å². The molecule has 2 aromatic rings. The van der Waals surface area contributed by atoms with E-state index in [0.717, 1.165) is 16.9 Å². The average molecular weight is 248 g/mol. The molecule has 2 rings (SSSR count). The summed E-state index contributed by atoms with van der Waals surface area (Å²) in [5, 5.41) is 13.5. The van der Waals surface area contributed by atoms with Gasteiger partial charge in [0.2, 0.25) is 0 Å². The molecule has 0 aliphatic rings. The quantitative estimate of drug-likeness (QED) is 0.894. The number of aryl methyl sites for hydroxylation is 1. The van der Waals surface area contributed by atoms with E-state index in [0.29, 0.717) is 11.5 Å². The molecule has 5 heteroatoms. The van der Waals surface area contributed by atoms with Gasteiger partial charge in [-0.15, -0.1) is 0 Å². The highest BCUT2D eigenvalue weighted by atomic mass is 16.5. The SMILES string of the molecule is COc1cc(OC)cc(-n2cc(CO)c(C)n2)c1. The number of hydrogen-bond acceptors (Lipinski definition) is 4. The number of rotatable bonds is 4. The molecular formula is C13H16N2O3. The van der Waals surface area contributed by atoms with Crippen LogP contribution in [0.15, 0.2) is 24.4 Å². The van der Waals surface area contributed by atoms with Gasteiger partial charge in [-0.3, -0.25) is 0 Å². The van der Waals surface area contributed by atoms with Gasteiger partial charge in [-0.05, 0) is 6.92 Å². The molecule has 1 N–H and O–H groups in total. The molecule has 0 amide bonds. The molecular weight excluding hydrogens is 232 g/mol. The Morgan fingerprint density at radius 3 is 2.22 bits per heavy atom. The van der Waals surface area contributed by atoms with Crippen LogP contribution in [0.3, 0.4) is 0 Å². The van der Waals surface area contributed by atoms with Crippen molar-refractivity contribution < 1.29 is 14.6 Å². The van der Waals surface area contributed by atoms with Crippen LogP contribution in [0.1, 0.15) is 11.3 Å². The number of methoxy groups -OCH3 is 2. The van der Waals surface area contributed by atoms with Crippen LogP contribution in [0.5, 0.6) is 11.5 Å². The van der Waals surface area contributed by atoms with Gasteiger partial charge < -0.3 is 14.6 Å². The van der Waals surface area contributed by atoms with Gasteiger partial charge in [0.05, 0.1) is 32.2 Å². The fourth-order valence-electron chi connectivity index (χ4n) is 1.71. The summed E-state index contributed by atoms with van der Waals surface area (Å²) in [5.74, 6) is 1.39. The normalized spacial score (nSPS) is 10.4. The maximum atomic E-state index is 9.18. The topological polar surface area (TPSA) is 56.5 Å². The number of benzene rings is 1. The van der Waals surface area contributed by atoms with Gasteiger partial charge in [-0.25, -0.2) is 4.68 Å². The maximum Gasteiger partial charge on any atom is 0.124 e. The second-order valence-electron chi connectivity index (χ2n) is 3.91. The highest BCUT2D eigenvalue weighted by Gasteiger charge is 2.08. The van der Waals surface area contributed by atoms with Gasteiger partial charge in [0.1, 0.15) is 11.5 Å². The average Bonchev–Trinajstić information content (AvgIpc) is 2.79. The van der Waals surface area contributed by atoms with Crippen LogP contribution < -0.4 is 9.47 Å². The second kappa shape index (κ2) is 5.10. The van der Waals surface area contributed by atoms with Crippen molar-refractivity contribution in [2.24, 2.45) is 0 Å². The highest BCUT2D eigenvalue weighted by molar-refractivity contribution is 5.46. The molecule has 1 aromatic carbocycles. The predicted octanol–water partition coefficient (Wildman–Crippen LogP) is 1.69. The summed E-state index contributed by atoms with van der Waals surface area (Å²) in [6.07, 6.45) is 1.80. The Morgan fingerprint density at radius 2 is 1.78 bits per heavy atom. The molecule has 0 bridgehead atoms. The lowest BCUT2D eigenvalue weighted by Gasteiger charge is -2.08. The van der Waals surface area contributed by atoms with Crippen molar-refractivity contribution in [3.63, 3.8) is 0 Å². The number of nitrogens with zero attached hydrogens (tertiary/aromatic N) is 2. The van der Waals surface area contributed by atoms with Gasteiger partial charge in [-0.2, -0.15) is 5.10 Å². The van der Waals surface area contributed by atoms with E-state index in [1.54, 1.807) is 31.2 Å². The lowest BCUT2D eigenvalue weighted by Crippen LogP contribution is -1.97. The molecule has 0 saturated carbocycles. The standard InChI is InChI=1S/C13H16N2O3/c1-9-10(8-16)7-15(14-9)11-4-12(17-2)6-13(5-11)18-3/h4-7,16H,8H2,1-3H3. The van der Waals surface area contributed by atoms with Gasteiger partial charge >= 0.3 is 0 Å². The van der Waals surface area contributed by atoms with Crippen LogP contribution >= 0.6 is 0 Å². The lowest BCUT2D eigenvalue weighted by molar-refractivity contribution is 0.281. The molecule has 0 aliphatic heterocycles. The van der Waals surface area contributed by atoms with Gasteiger partial charge in [0.15, 0.2) is 0 Å². The van der Waals surface area contributed by atoms with E-state index in [-0.39, 0.29) is 6.61 Å². The van der Waals surface area contributed by atoms with Crippen molar-refractivity contribution in [2.75, 3.05) is 14.2 Å². The lowest BCUT2D eigenvalue weighted by atomic mass is 10.2. The van der Waals surface area contributed by atoms with Crippen molar-refractivity contribution in [1.29, 1.82) is 0 Å². The minimum absolute atomic E-state index is 0.0209. The Kier molecular flexibility index (Phi) is 3.53. The monoisotopic (exact) mass is 248 g/mol. The first kappa shape index (κ1) is 12.4. The molecule has 0 saturated heterocycles. The largest absolute Gasteiger partial charge is 0.497 e. The van der Waals surface area contributed by atoms with Gasteiger partial charge in [0, 0.05) is 30.0 Å². The molecule has 0 fully saturated rings. The van der Waals surface area contributed by atoms with Gasteiger partial charge in [0.25, 0.3) is 0 Å². The van der Waals surface area contributed by atoms with E-state index in [4.69, 9.17) is 9.47 Å². The van der Waals surface area contributed by atoms with E-state index >= 15 is 0 Å². The van der Waals surface area contributed by atoms with Crippen molar-refractivity contribution in [3.05, 3.63) is 35.7 Å². The van der Waals surface area contributed by atoms with E-state index in [1.807, 2.05) is 19.1 Å². The Balaban J connectivity index is 2.48. The number of aromatic nitrogens is 2. The summed E-state index contributed by atoms with van der Waals surface area (Å²) in [4.78, 5) is 0. The number of hydrogen-bond donors (Lipinski definition) is 1. The van der Waals surface area contributed by atoms with E-state index in [9.17, 15) is 5.11 Å². The van der Waals surface area contributed by atoms with Crippen LogP contribution in [0.4, 0.5) is 0 Å². The zero-order valence-electron chi connectivity index (χ0n) is 10.7. The Morgan fingerprint density at radius 1 is 1.17 bits per heavy atom. The Hall–Kier alpha value is -2.01. The van der Waals surface area contributed by atoms with Crippen LogP contribution in [-0.2, 0) is 6.61 Å². The Labute approximate surface area is 106 Å². The molecule has 0 spiro atoms. The summed E-state index contributed by atoms with van der Waals surface area (Å²) in [6, 6.07) is 5.51. The zero-order valence-corrected chi connectivity index (χ0v) is 10.7. The minimum atomic E-state index is -0.0209. The van der Waals surface area contributed by atoms with Crippen LogP contribution in [0.2, 0.25) is 0 Å². The number of aliphatic hydroxyl groups is 1. The smallest absolute Gasteiger partial charge is 0.124 e. The molecule has 0 unspecified atom stereocenters. The summed E-state index contributed by atoms with van der Waals surface area (Å²) in [6.45, 7) is 1.84. The first-order valence-corrected chi connectivity index (χ1v) is 5.57. The maximum absolute atomic E-state index is 9.18. The van der Waals surface area contributed by atoms with Crippen molar-refractivity contribution in [1.82, 2.24) is 9.78 Å². The summed E-state index contributed by atoms with van der Waals surface area (Å²) in [7, 11) is 3.21. The van der Waals surface area contributed by atoms with Gasteiger partial charge in [-0.1, -0.05) is 0 Å². The Bertz CT molecular complexity index is 527. The van der Waals surface area contributed by atoms with Crippen molar-refractivity contribution in [2.45, 2.75) is 13.5 Å². The fraction of sp³-hybridized carbons (Fsp3) is 0.308. The fourth-order valence-corrected chi connectivity index (χ4v) is 1.71. The molecule has 18 heavy (non-hydrogen) atoms. The molecule has 0 atom stereocenters. The first-order chi connectivity index (χ1) is 8.67. The molecule has 96 valence electrons. The first-order valence-electron chi connectivity index (χ1n) is 5.57. The molecule has 1 heterocycles. The zero-order chi connectivity index (χ0) is 13.1. The van der Waals surface area contributed by atoms with E-state index in [2.05, 4.69) is 5.10 Å². The minimum Gasteiger partial charge on any atom is -0.497 e. The van der Waals surface area contributed by atoms with Crippen LogP contribution in [-0.4, -0.2) is 29.1 Å². The van der Waals surface area contributed by atoms with Crippen molar-refractivity contribution in [3.8, 4) is 17.2 Å². The molecule has 1 aromatic heterocycles.